The lowest BCUT2D eigenvalue weighted by Gasteiger charge is -2.12. The molecule has 1 aliphatic carbocycles. The molecule has 1 saturated carbocycles. The summed E-state index contributed by atoms with van der Waals surface area (Å²) in [4.78, 5) is 0. The minimum absolute atomic E-state index is 0.0358. The van der Waals surface area contributed by atoms with Crippen molar-refractivity contribution in [3.05, 3.63) is 29.3 Å². The van der Waals surface area contributed by atoms with E-state index in [9.17, 15) is 5.11 Å². The first-order valence-corrected chi connectivity index (χ1v) is 4.90. The van der Waals surface area contributed by atoms with Gasteiger partial charge in [-0.05, 0) is 30.4 Å². The summed E-state index contributed by atoms with van der Waals surface area (Å²) in [6.45, 7) is -0.134. The van der Waals surface area contributed by atoms with Crippen LogP contribution in [0.15, 0.2) is 18.2 Å². The van der Waals surface area contributed by atoms with Crippen LogP contribution in [0, 0.1) is 5.92 Å². The van der Waals surface area contributed by atoms with Gasteiger partial charge in [-0.1, -0.05) is 12.1 Å². The van der Waals surface area contributed by atoms with Gasteiger partial charge in [-0.3, -0.25) is 0 Å². The Kier molecular flexibility index (Phi) is 2.44. The summed E-state index contributed by atoms with van der Waals surface area (Å²) in [6, 6.07) is 5.31. The number of rotatable bonds is 3. The van der Waals surface area contributed by atoms with Crippen LogP contribution < -0.4 is 5.73 Å². The molecule has 1 aromatic carbocycles. The highest BCUT2D eigenvalue weighted by Crippen LogP contribution is 2.40. The summed E-state index contributed by atoms with van der Waals surface area (Å²) in [5, 5.41) is 18.4. The van der Waals surface area contributed by atoms with Gasteiger partial charge in [0.15, 0.2) is 0 Å². The molecule has 76 valence electrons. The van der Waals surface area contributed by atoms with E-state index in [1.807, 2.05) is 6.07 Å². The van der Waals surface area contributed by atoms with Crippen LogP contribution in [0.4, 0.5) is 0 Å². The molecule has 0 heterocycles. The first kappa shape index (κ1) is 9.49. The lowest BCUT2D eigenvalue weighted by Crippen LogP contribution is -2.12. The van der Waals surface area contributed by atoms with Gasteiger partial charge in [0.2, 0.25) is 0 Å². The summed E-state index contributed by atoms with van der Waals surface area (Å²) in [5.74, 6) is 0.718. The van der Waals surface area contributed by atoms with Crippen LogP contribution in [0.5, 0.6) is 5.75 Å². The van der Waals surface area contributed by atoms with E-state index in [1.54, 1.807) is 12.1 Å². The molecular formula is C11H15NO2. The molecule has 0 aromatic heterocycles. The van der Waals surface area contributed by atoms with Crippen LogP contribution in [-0.4, -0.2) is 10.2 Å². The van der Waals surface area contributed by atoms with Crippen molar-refractivity contribution in [1.29, 1.82) is 0 Å². The number of benzene rings is 1. The second-order valence-corrected chi connectivity index (χ2v) is 3.91. The van der Waals surface area contributed by atoms with Crippen LogP contribution in [-0.2, 0) is 6.61 Å². The molecule has 0 amide bonds. The molecule has 0 aliphatic heterocycles. The summed E-state index contributed by atoms with van der Waals surface area (Å²) < 4.78 is 0. The zero-order chi connectivity index (χ0) is 10.1. The largest absolute Gasteiger partial charge is 0.508 e. The molecule has 3 heteroatoms. The number of hydrogen-bond donors (Lipinski definition) is 3. The van der Waals surface area contributed by atoms with E-state index < -0.39 is 0 Å². The van der Waals surface area contributed by atoms with Crippen molar-refractivity contribution in [1.82, 2.24) is 0 Å². The number of aliphatic hydroxyl groups is 1. The van der Waals surface area contributed by atoms with Gasteiger partial charge < -0.3 is 15.9 Å². The Bertz CT molecular complexity index is 334. The maximum absolute atomic E-state index is 9.53. The van der Waals surface area contributed by atoms with Crippen molar-refractivity contribution >= 4 is 0 Å². The lowest BCUT2D eigenvalue weighted by atomic mass is 10.0. The van der Waals surface area contributed by atoms with Gasteiger partial charge in [-0.15, -0.1) is 0 Å². The van der Waals surface area contributed by atoms with Crippen LogP contribution in [0.2, 0.25) is 0 Å². The van der Waals surface area contributed by atoms with Crippen molar-refractivity contribution in [2.75, 3.05) is 0 Å². The summed E-state index contributed by atoms with van der Waals surface area (Å²) in [7, 11) is 0. The van der Waals surface area contributed by atoms with Crippen LogP contribution >= 0.6 is 0 Å². The number of hydrogen-bond acceptors (Lipinski definition) is 3. The van der Waals surface area contributed by atoms with E-state index >= 15 is 0 Å². The first-order valence-electron chi connectivity index (χ1n) is 4.90. The van der Waals surface area contributed by atoms with Gasteiger partial charge in [0, 0.05) is 11.6 Å². The van der Waals surface area contributed by atoms with E-state index in [0.29, 0.717) is 11.5 Å². The highest BCUT2D eigenvalue weighted by atomic mass is 16.3. The zero-order valence-corrected chi connectivity index (χ0v) is 7.98. The average Bonchev–Trinajstić information content (AvgIpc) is 3.00. The van der Waals surface area contributed by atoms with Crippen LogP contribution in [0.1, 0.15) is 30.0 Å². The van der Waals surface area contributed by atoms with Crippen molar-refractivity contribution in [3.8, 4) is 5.75 Å². The summed E-state index contributed by atoms with van der Waals surface area (Å²) in [5.41, 5.74) is 7.50. The SMILES string of the molecule is N[C@@H](c1ccc(CO)c(O)c1)C1CC1. The number of aromatic hydroxyl groups is 1. The second kappa shape index (κ2) is 3.59. The summed E-state index contributed by atoms with van der Waals surface area (Å²) >= 11 is 0. The maximum atomic E-state index is 9.53. The minimum Gasteiger partial charge on any atom is -0.508 e. The zero-order valence-electron chi connectivity index (χ0n) is 7.98. The fourth-order valence-electron chi connectivity index (χ4n) is 1.65. The van der Waals surface area contributed by atoms with Crippen LogP contribution in [0.25, 0.3) is 0 Å². The molecule has 1 aromatic rings. The second-order valence-electron chi connectivity index (χ2n) is 3.91. The Morgan fingerprint density at radius 3 is 2.64 bits per heavy atom. The summed E-state index contributed by atoms with van der Waals surface area (Å²) in [6.07, 6.45) is 2.37. The third-order valence-electron chi connectivity index (χ3n) is 2.79. The average molecular weight is 193 g/mol. The highest BCUT2D eigenvalue weighted by molar-refractivity contribution is 5.37. The molecule has 0 radical (unpaired) electrons. The molecule has 14 heavy (non-hydrogen) atoms. The first-order chi connectivity index (χ1) is 6.72. The molecule has 3 nitrogen and oxygen atoms in total. The third-order valence-corrected chi connectivity index (χ3v) is 2.79. The van der Waals surface area contributed by atoms with E-state index in [0.717, 1.165) is 5.56 Å². The van der Waals surface area contributed by atoms with Gasteiger partial charge in [-0.25, -0.2) is 0 Å². The molecule has 0 spiro atoms. The van der Waals surface area contributed by atoms with Gasteiger partial charge in [0.05, 0.1) is 6.61 Å². The molecule has 0 bridgehead atoms. The van der Waals surface area contributed by atoms with E-state index in [4.69, 9.17) is 10.8 Å². The molecule has 1 fully saturated rings. The predicted molar refractivity (Wildman–Crippen MR) is 53.7 cm³/mol. The number of aliphatic hydroxyl groups excluding tert-OH is 1. The monoisotopic (exact) mass is 193 g/mol. The van der Waals surface area contributed by atoms with E-state index in [-0.39, 0.29) is 18.4 Å². The van der Waals surface area contributed by atoms with E-state index in [2.05, 4.69) is 0 Å². The fraction of sp³-hybridized carbons (Fsp3) is 0.455. The van der Waals surface area contributed by atoms with Gasteiger partial charge in [-0.2, -0.15) is 0 Å². The lowest BCUT2D eigenvalue weighted by molar-refractivity contribution is 0.275. The molecular weight excluding hydrogens is 178 g/mol. The third kappa shape index (κ3) is 1.74. The van der Waals surface area contributed by atoms with Crippen molar-refractivity contribution in [3.63, 3.8) is 0 Å². The van der Waals surface area contributed by atoms with E-state index in [1.165, 1.54) is 12.8 Å². The molecule has 1 atom stereocenters. The topological polar surface area (TPSA) is 66.5 Å². The van der Waals surface area contributed by atoms with Crippen molar-refractivity contribution in [2.45, 2.75) is 25.5 Å². The van der Waals surface area contributed by atoms with Crippen molar-refractivity contribution < 1.29 is 10.2 Å². The quantitative estimate of drug-likeness (QED) is 0.677. The smallest absolute Gasteiger partial charge is 0.121 e. The van der Waals surface area contributed by atoms with Gasteiger partial charge >= 0.3 is 0 Å². The Labute approximate surface area is 83.2 Å². The minimum atomic E-state index is -0.134. The van der Waals surface area contributed by atoms with Gasteiger partial charge in [0.25, 0.3) is 0 Å². The predicted octanol–water partition coefficient (Wildman–Crippen LogP) is 1.29. The number of nitrogens with two attached hydrogens (primary N) is 1. The van der Waals surface area contributed by atoms with Gasteiger partial charge in [0.1, 0.15) is 5.75 Å². The fourth-order valence-corrected chi connectivity index (χ4v) is 1.65. The standard InChI is InChI=1S/C11H15NO2/c12-11(7-1-2-7)8-3-4-9(6-13)10(14)5-8/h3-5,7,11,13-14H,1-2,6,12H2/t11-/m1/s1. The normalized spacial score (nSPS) is 18.1. The Morgan fingerprint density at radius 2 is 2.14 bits per heavy atom. The Balaban J connectivity index is 2.22. The molecule has 1 aliphatic rings. The molecule has 0 unspecified atom stereocenters. The Hall–Kier alpha value is -1.06. The number of phenols is 1. The highest BCUT2D eigenvalue weighted by Gasteiger charge is 2.29. The molecule has 4 N–H and O–H groups in total. The maximum Gasteiger partial charge on any atom is 0.121 e. The molecule has 2 rings (SSSR count). The molecule has 0 saturated heterocycles. The van der Waals surface area contributed by atoms with Crippen molar-refractivity contribution in [2.24, 2.45) is 11.7 Å². The Morgan fingerprint density at radius 1 is 1.43 bits per heavy atom. The van der Waals surface area contributed by atoms with Crippen LogP contribution in [0.3, 0.4) is 0 Å².